The number of furan rings is 1. The zero-order valence-electron chi connectivity index (χ0n) is 12.7. The third-order valence-electron chi connectivity index (χ3n) is 3.28. The molecule has 1 heterocycles. The van der Waals surface area contributed by atoms with E-state index in [-0.39, 0.29) is 6.04 Å². The van der Waals surface area contributed by atoms with Gasteiger partial charge in [-0.2, -0.15) is 0 Å². The average Bonchev–Trinajstić information content (AvgIpc) is 2.91. The quantitative estimate of drug-likeness (QED) is 0.850. The largest absolute Gasteiger partial charge is 0.495 e. The summed E-state index contributed by atoms with van der Waals surface area (Å²) in [6.45, 7) is 4.82. The Morgan fingerprint density at radius 1 is 1.19 bits per heavy atom. The zero-order chi connectivity index (χ0) is 15.4. The molecule has 0 bridgehead atoms. The molecule has 0 saturated carbocycles. The van der Waals surface area contributed by atoms with Crippen LogP contribution in [0.2, 0.25) is 0 Å². The lowest BCUT2D eigenvalue weighted by atomic mass is 10.0. The summed E-state index contributed by atoms with van der Waals surface area (Å²) in [7, 11) is 3.29. The predicted octanol–water partition coefficient (Wildman–Crippen LogP) is 4.07. The van der Waals surface area contributed by atoms with E-state index < -0.39 is 0 Å². The van der Waals surface area contributed by atoms with Crippen molar-refractivity contribution in [2.24, 2.45) is 0 Å². The lowest BCUT2D eigenvalue weighted by Gasteiger charge is -2.20. The fourth-order valence-corrected chi connectivity index (χ4v) is 3.01. The maximum atomic E-state index is 5.78. The highest BCUT2D eigenvalue weighted by Crippen LogP contribution is 2.41. The van der Waals surface area contributed by atoms with Crippen LogP contribution in [0, 0.1) is 6.92 Å². The molecule has 1 unspecified atom stereocenters. The van der Waals surface area contributed by atoms with Crippen molar-refractivity contribution in [2.45, 2.75) is 19.9 Å². The Morgan fingerprint density at radius 2 is 1.95 bits per heavy atom. The number of ether oxygens (including phenoxy) is 2. The Kier molecular flexibility index (Phi) is 5.31. The zero-order valence-corrected chi connectivity index (χ0v) is 14.3. The van der Waals surface area contributed by atoms with Gasteiger partial charge in [0.15, 0.2) is 0 Å². The Labute approximate surface area is 133 Å². The van der Waals surface area contributed by atoms with Gasteiger partial charge < -0.3 is 19.2 Å². The van der Waals surface area contributed by atoms with Crippen LogP contribution in [-0.2, 0) is 0 Å². The number of aryl methyl sites for hydroxylation is 1. The minimum atomic E-state index is -0.0687. The van der Waals surface area contributed by atoms with Crippen LogP contribution >= 0.6 is 15.9 Å². The van der Waals surface area contributed by atoms with Gasteiger partial charge >= 0.3 is 0 Å². The molecule has 0 spiro atoms. The summed E-state index contributed by atoms with van der Waals surface area (Å²) in [5.41, 5.74) is 1.00. The summed E-state index contributed by atoms with van der Waals surface area (Å²) in [6, 6.07) is 7.79. The van der Waals surface area contributed by atoms with Crippen LogP contribution in [0.25, 0.3) is 0 Å². The molecule has 0 aliphatic heterocycles. The fraction of sp³-hybridized carbons (Fsp3) is 0.375. The van der Waals surface area contributed by atoms with E-state index in [0.717, 1.165) is 39.6 Å². The molecule has 0 amide bonds. The minimum Gasteiger partial charge on any atom is -0.495 e. The minimum absolute atomic E-state index is 0.0687. The number of benzene rings is 1. The molecule has 2 aromatic rings. The third-order valence-corrected chi connectivity index (χ3v) is 4.03. The molecule has 0 aliphatic carbocycles. The van der Waals surface area contributed by atoms with E-state index in [4.69, 9.17) is 13.9 Å². The van der Waals surface area contributed by atoms with Gasteiger partial charge in [0.2, 0.25) is 0 Å². The van der Waals surface area contributed by atoms with E-state index in [1.165, 1.54) is 0 Å². The normalized spacial score (nSPS) is 12.2. The molecule has 114 valence electrons. The molecule has 21 heavy (non-hydrogen) atoms. The van der Waals surface area contributed by atoms with Crippen molar-refractivity contribution >= 4 is 15.9 Å². The molecule has 5 heteroatoms. The lowest BCUT2D eigenvalue weighted by molar-refractivity contribution is 0.375. The Morgan fingerprint density at radius 3 is 2.48 bits per heavy atom. The predicted molar refractivity (Wildman–Crippen MR) is 86.2 cm³/mol. The Hall–Kier alpha value is -1.46. The first-order valence-electron chi connectivity index (χ1n) is 6.82. The van der Waals surface area contributed by atoms with Crippen molar-refractivity contribution in [3.05, 3.63) is 45.8 Å². The summed E-state index contributed by atoms with van der Waals surface area (Å²) in [5, 5.41) is 3.43. The third kappa shape index (κ3) is 3.24. The number of hydrogen-bond donors (Lipinski definition) is 1. The Bertz CT molecular complexity index is 610. The number of rotatable bonds is 6. The SMILES string of the molecule is CCNC(c1ccc(C)o1)c1ccc(OC)c(Br)c1OC. The molecular formula is C16H20BrNO3. The highest BCUT2D eigenvalue weighted by Gasteiger charge is 2.23. The van der Waals surface area contributed by atoms with Gasteiger partial charge in [-0.1, -0.05) is 6.92 Å². The van der Waals surface area contributed by atoms with E-state index in [1.54, 1.807) is 14.2 Å². The highest BCUT2D eigenvalue weighted by atomic mass is 79.9. The van der Waals surface area contributed by atoms with Crippen molar-refractivity contribution in [2.75, 3.05) is 20.8 Å². The molecule has 0 radical (unpaired) electrons. The van der Waals surface area contributed by atoms with Gasteiger partial charge in [-0.05, 0) is 53.7 Å². The second-order valence-electron chi connectivity index (χ2n) is 4.64. The molecule has 0 fully saturated rings. The van der Waals surface area contributed by atoms with Crippen LogP contribution < -0.4 is 14.8 Å². The topological polar surface area (TPSA) is 43.6 Å². The second kappa shape index (κ2) is 7.00. The van der Waals surface area contributed by atoms with Crippen molar-refractivity contribution in [1.82, 2.24) is 5.32 Å². The Balaban J connectivity index is 2.52. The van der Waals surface area contributed by atoms with E-state index >= 15 is 0 Å². The first kappa shape index (κ1) is 15.9. The van der Waals surface area contributed by atoms with E-state index in [1.807, 2.05) is 31.2 Å². The van der Waals surface area contributed by atoms with Crippen LogP contribution in [0.1, 0.15) is 30.0 Å². The van der Waals surface area contributed by atoms with Gasteiger partial charge in [-0.25, -0.2) is 0 Å². The van der Waals surface area contributed by atoms with Gasteiger partial charge in [0.1, 0.15) is 27.5 Å². The number of methoxy groups -OCH3 is 2. The van der Waals surface area contributed by atoms with Gasteiger partial charge in [-0.15, -0.1) is 0 Å². The first-order valence-corrected chi connectivity index (χ1v) is 7.61. The molecule has 0 aliphatic rings. The van der Waals surface area contributed by atoms with Gasteiger partial charge in [0.05, 0.1) is 20.3 Å². The standard InChI is InChI=1S/C16H20BrNO3/c1-5-18-15(13-8-6-10(2)21-13)11-7-9-12(19-3)14(17)16(11)20-4/h6-9,15,18H,5H2,1-4H3. The molecule has 4 nitrogen and oxygen atoms in total. The summed E-state index contributed by atoms with van der Waals surface area (Å²) in [5.74, 6) is 3.24. The van der Waals surface area contributed by atoms with Crippen LogP contribution in [0.3, 0.4) is 0 Å². The van der Waals surface area contributed by atoms with Gasteiger partial charge in [0.25, 0.3) is 0 Å². The molecule has 1 N–H and O–H groups in total. The molecule has 1 aromatic heterocycles. The smallest absolute Gasteiger partial charge is 0.142 e. The number of halogens is 1. The average molecular weight is 354 g/mol. The molecule has 1 aromatic carbocycles. The van der Waals surface area contributed by atoms with E-state index in [9.17, 15) is 0 Å². The summed E-state index contributed by atoms with van der Waals surface area (Å²) in [6.07, 6.45) is 0. The maximum absolute atomic E-state index is 5.78. The highest BCUT2D eigenvalue weighted by molar-refractivity contribution is 9.10. The van der Waals surface area contributed by atoms with E-state index in [0.29, 0.717) is 0 Å². The monoisotopic (exact) mass is 353 g/mol. The van der Waals surface area contributed by atoms with Crippen molar-refractivity contribution in [1.29, 1.82) is 0 Å². The molecular weight excluding hydrogens is 334 g/mol. The maximum Gasteiger partial charge on any atom is 0.142 e. The summed E-state index contributed by atoms with van der Waals surface area (Å²) >= 11 is 3.54. The summed E-state index contributed by atoms with van der Waals surface area (Å²) < 4.78 is 17.5. The lowest BCUT2D eigenvalue weighted by Crippen LogP contribution is -2.22. The van der Waals surface area contributed by atoms with Crippen molar-refractivity contribution in [3.8, 4) is 11.5 Å². The number of hydrogen-bond acceptors (Lipinski definition) is 4. The fourth-order valence-electron chi connectivity index (χ4n) is 2.32. The van der Waals surface area contributed by atoms with E-state index in [2.05, 4.69) is 28.2 Å². The summed E-state index contributed by atoms with van der Waals surface area (Å²) in [4.78, 5) is 0. The van der Waals surface area contributed by atoms with Crippen molar-refractivity contribution in [3.63, 3.8) is 0 Å². The van der Waals surface area contributed by atoms with Gasteiger partial charge in [-0.3, -0.25) is 0 Å². The molecule has 0 saturated heterocycles. The first-order chi connectivity index (χ1) is 10.1. The van der Waals surface area contributed by atoms with Crippen molar-refractivity contribution < 1.29 is 13.9 Å². The van der Waals surface area contributed by atoms with Crippen LogP contribution in [0.5, 0.6) is 11.5 Å². The molecule has 2 rings (SSSR count). The van der Waals surface area contributed by atoms with Crippen LogP contribution in [0.15, 0.2) is 33.2 Å². The number of nitrogens with one attached hydrogen (secondary N) is 1. The van der Waals surface area contributed by atoms with Gasteiger partial charge in [0, 0.05) is 5.56 Å². The van der Waals surface area contributed by atoms with Crippen LogP contribution in [-0.4, -0.2) is 20.8 Å². The second-order valence-corrected chi connectivity index (χ2v) is 5.44. The molecule has 1 atom stereocenters. The van der Waals surface area contributed by atoms with Crippen LogP contribution in [0.4, 0.5) is 0 Å².